The first-order chi connectivity index (χ1) is 9.92. The highest BCUT2D eigenvalue weighted by Gasteiger charge is 2.34. The highest BCUT2D eigenvalue weighted by atomic mass is 19.1. The van der Waals surface area contributed by atoms with Crippen LogP contribution in [0.3, 0.4) is 0 Å². The first-order valence-electron chi connectivity index (χ1n) is 6.75. The Kier molecular flexibility index (Phi) is 2.97. The molecule has 0 fully saturated rings. The van der Waals surface area contributed by atoms with Gasteiger partial charge in [0.05, 0.1) is 12.2 Å². The topological polar surface area (TPSA) is 42.1 Å². The number of halogens is 1. The number of benzene rings is 1. The molecule has 0 radical (unpaired) electrons. The van der Waals surface area contributed by atoms with Gasteiger partial charge in [-0.05, 0) is 23.8 Å². The minimum Gasteiger partial charge on any atom is -0.492 e. The van der Waals surface area contributed by atoms with Crippen molar-refractivity contribution in [2.75, 3.05) is 6.61 Å². The number of aromatic nitrogens is 1. The smallest absolute Gasteiger partial charge is 0.256 e. The van der Waals surface area contributed by atoms with E-state index in [-0.39, 0.29) is 16.5 Å². The molecule has 0 atom stereocenters. The molecule has 3 nitrogen and oxygen atoms in total. The van der Waals surface area contributed by atoms with Gasteiger partial charge in [-0.15, -0.1) is 0 Å². The summed E-state index contributed by atoms with van der Waals surface area (Å²) in [6.45, 7) is 8.46. The third-order valence-corrected chi connectivity index (χ3v) is 3.81. The summed E-state index contributed by atoms with van der Waals surface area (Å²) in [7, 11) is 0. The standard InChI is InChI=1S/C17H16FNO2/c1-4-10-5-12(13-7-11(18)8-19-16(13)20)15-14(6-10)17(2,3)9-21-15/h4-8H,1,9H2,2-3H3,(H,19,20). The fourth-order valence-electron chi connectivity index (χ4n) is 2.62. The molecule has 108 valence electrons. The Morgan fingerprint density at radius 2 is 2.10 bits per heavy atom. The molecule has 21 heavy (non-hydrogen) atoms. The van der Waals surface area contributed by atoms with Crippen molar-refractivity contribution in [2.24, 2.45) is 0 Å². The van der Waals surface area contributed by atoms with E-state index in [2.05, 4.69) is 25.4 Å². The SMILES string of the molecule is C=Cc1cc(-c2cc(F)c[nH]c2=O)c2c(c1)C(C)(C)CO2. The lowest BCUT2D eigenvalue weighted by Gasteiger charge is -2.16. The monoisotopic (exact) mass is 285 g/mol. The largest absolute Gasteiger partial charge is 0.492 e. The number of hydrogen-bond acceptors (Lipinski definition) is 2. The molecule has 1 N–H and O–H groups in total. The summed E-state index contributed by atoms with van der Waals surface area (Å²) in [5.41, 5.74) is 2.28. The van der Waals surface area contributed by atoms with Crippen LogP contribution < -0.4 is 10.3 Å². The first-order valence-corrected chi connectivity index (χ1v) is 6.75. The molecule has 0 saturated heterocycles. The van der Waals surface area contributed by atoms with Crippen molar-refractivity contribution in [2.45, 2.75) is 19.3 Å². The molecule has 1 aromatic carbocycles. The van der Waals surface area contributed by atoms with Gasteiger partial charge in [-0.2, -0.15) is 0 Å². The van der Waals surface area contributed by atoms with E-state index in [0.29, 0.717) is 17.9 Å². The lowest BCUT2D eigenvalue weighted by atomic mass is 9.84. The molecular weight excluding hydrogens is 269 g/mol. The summed E-state index contributed by atoms with van der Waals surface area (Å²) < 4.78 is 19.3. The molecule has 0 aliphatic carbocycles. The number of ether oxygens (including phenoxy) is 1. The van der Waals surface area contributed by atoms with Crippen LogP contribution in [-0.4, -0.2) is 11.6 Å². The fraction of sp³-hybridized carbons (Fsp3) is 0.235. The molecule has 0 bridgehead atoms. The summed E-state index contributed by atoms with van der Waals surface area (Å²) in [5.74, 6) is 0.168. The van der Waals surface area contributed by atoms with E-state index in [9.17, 15) is 9.18 Å². The van der Waals surface area contributed by atoms with E-state index >= 15 is 0 Å². The summed E-state index contributed by atoms with van der Waals surface area (Å²) in [4.78, 5) is 14.4. The molecule has 4 heteroatoms. The minimum atomic E-state index is -0.486. The maximum Gasteiger partial charge on any atom is 0.256 e. The number of nitrogens with one attached hydrogen (secondary N) is 1. The maximum absolute atomic E-state index is 13.5. The van der Waals surface area contributed by atoms with Gasteiger partial charge in [0.15, 0.2) is 0 Å². The van der Waals surface area contributed by atoms with Gasteiger partial charge in [0.2, 0.25) is 0 Å². The number of fused-ring (bicyclic) bond motifs is 1. The second kappa shape index (κ2) is 4.58. The van der Waals surface area contributed by atoms with Crippen molar-refractivity contribution in [3.63, 3.8) is 0 Å². The Bertz CT molecular complexity index is 790. The fourth-order valence-corrected chi connectivity index (χ4v) is 2.62. The minimum absolute atomic E-state index is 0.150. The van der Waals surface area contributed by atoms with Crippen LogP contribution in [0.1, 0.15) is 25.0 Å². The van der Waals surface area contributed by atoms with Crippen LogP contribution in [0.5, 0.6) is 5.75 Å². The Labute approximate surface area is 122 Å². The van der Waals surface area contributed by atoms with Gasteiger partial charge in [-0.3, -0.25) is 4.79 Å². The Morgan fingerprint density at radius 3 is 2.81 bits per heavy atom. The van der Waals surface area contributed by atoms with E-state index in [1.807, 2.05) is 6.07 Å². The molecular formula is C17H16FNO2. The zero-order valence-corrected chi connectivity index (χ0v) is 12.0. The van der Waals surface area contributed by atoms with Crippen LogP contribution in [0.15, 0.2) is 35.8 Å². The van der Waals surface area contributed by atoms with Gasteiger partial charge < -0.3 is 9.72 Å². The van der Waals surface area contributed by atoms with Crippen molar-refractivity contribution >= 4 is 6.08 Å². The maximum atomic E-state index is 13.5. The van der Waals surface area contributed by atoms with Gasteiger partial charge >= 0.3 is 0 Å². The van der Waals surface area contributed by atoms with Crippen LogP contribution in [-0.2, 0) is 5.41 Å². The zero-order chi connectivity index (χ0) is 15.2. The molecule has 1 aromatic heterocycles. The van der Waals surface area contributed by atoms with Crippen molar-refractivity contribution < 1.29 is 9.13 Å². The van der Waals surface area contributed by atoms with E-state index in [0.717, 1.165) is 17.3 Å². The van der Waals surface area contributed by atoms with E-state index in [4.69, 9.17) is 4.74 Å². The molecule has 3 rings (SSSR count). The van der Waals surface area contributed by atoms with Gasteiger partial charge in [-0.1, -0.05) is 26.5 Å². The van der Waals surface area contributed by atoms with Crippen LogP contribution in [0.2, 0.25) is 0 Å². The number of H-pyrrole nitrogens is 1. The van der Waals surface area contributed by atoms with Crippen molar-refractivity contribution in [3.8, 4) is 16.9 Å². The lowest BCUT2D eigenvalue weighted by Crippen LogP contribution is -2.18. The highest BCUT2D eigenvalue weighted by Crippen LogP contribution is 2.44. The predicted octanol–water partition coefficient (Wildman–Crippen LogP) is 3.49. The molecule has 0 unspecified atom stereocenters. The van der Waals surface area contributed by atoms with E-state index in [1.165, 1.54) is 6.07 Å². The van der Waals surface area contributed by atoms with E-state index < -0.39 is 5.82 Å². The Morgan fingerprint density at radius 1 is 1.33 bits per heavy atom. The van der Waals surface area contributed by atoms with Crippen molar-refractivity contribution in [3.05, 3.63) is 58.3 Å². The molecule has 2 heterocycles. The third-order valence-electron chi connectivity index (χ3n) is 3.81. The van der Waals surface area contributed by atoms with Crippen LogP contribution in [0.25, 0.3) is 17.2 Å². The molecule has 1 aliphatic heterocycles. The number of aromatic amines is 1. The Hall–Kier alpha value is -2.36. The van der Waals surface area contributed by atoms with Crippen LogP contribution in [0, 0.1) is 5.82 Å². The molecule has 1 aliphatic rings. The lowest BCUT2D eigenvalue weighted by molar-refractivity contribution is 0.292. The number of rotatable bonds is 2. The van der Waals surface area contributed by atoms with Crippen molar-refractivity contribution in [1.82, 2.24) is 4.98 Å². The molecule has 0 spiro atoms. The highest BCUT2D eigenvalue weighted by molar-refractivity contribution is 5.76. The van der Waals surface area contributed by atoms with Gasteiger partial charge in [0, 0.05) is 22.7 Å². The van der Waals surface area contributed by atoms with Crippen molar-refractivity contribution in [1.29, 1.82) is 0 Å². The first kappa shape index (κ1) is 13.6. The van der Waals surface area contributed by atoms with Gasteiger partial charge in [-0.25, -0.2) is 4.39 Å². The average molecular weight is 285 g/mol. The summed E-state index contributed by atoms with van der Waals surface area (Å²) in [6, 6.07) is 5.04. The number of pyridine rings is 1. The van der Waals surface area contributed by atoms with E-state index in [1.54, 1.807) is 12.1 Å². The second-order valence-electron chi connectivity index (χ2n) is 5.88. The third kappa shape index (κ3) is 2.17. The van der Waals surface area contributed by atoms with Gasteiger partial charge in [0.25, 0.3) is 5.56 Å². The van der Waals surface area contributed by atoms with Gasteiger partial charge in [0.1, 0.15) is 11.6 Å². The number of hydrogen-bond donors (Lipinski definition) is 1. The van der Waals surface area contributed by atoms with Crippen LogP contribution in [0.4, 0.5) is 4.39 Å². The normalized spacial score (nSPS) is 15.4. The second-order valence-corrected chi connectivity index (χ2v) is 5.88. The van der Waals surface area contributed by atoms with Crippen LogP contribution >= 0.6 is 0 Å². The molecule has 0 saturated carbocycles. The molecule has 2 aromatic rings. The Balaban J connectivity index is 2.34. The molecule has 0 amide bonds. The summed E-state index contributed by atoms with van der Waals surface area (Å²) >= 11 is 0. The summed E-state index contributed by atoms with van der Waals surface area (Å²) in [5, 5.41) is 0. The summed E-state index contributed by atoms with van der Waals surface area (Å²) in [6.07, 6.45) is 2.76. The quantitative estimate of drug-likeness (QED) is 0.917. The average Bonchev–Trinajstić information content (AvgIpc) is 2.76. The zero-order valence-electron chi connectivity index (χ0n) is 12.0. The predicted molar refractivity (Wildman–Crippen MR) is 81.1 cm³/mol.